The Hall–Kier alpha value is -1.09. The Labute approximate surface area is 104 Å². The van der Waals surface area contributed by atoms with Crippen LogP contribution >= 0.6 is 0 Å². The van der Waals surface area contributed by atoms with Gasteiger partial charge in [0.1, 0.15) is 5.82 Å². The number of hydrogen-bond acceptors (Lipinski definition) is 3. The first-order valence-corrected chi connectivity index (χ1v) is 6.62. The standard InChI is InChI=1S/C14H23N3/c1-11-4-3-8-17(9-7-11)14-6-5-13(10-15)12(2)16-14/h5-6,11H,3-4,7-10,15H2,1-2H3. The minimum Gasteiger partial charge on any atom is -0.357 e. The van der Waals surface area contributed by atoms with Gasteiger partial charge in [-0.15, -0.1) is 0 Å². The van der Waals surface area contributed by atoms with E-state index in [2.05, 4.69) is 28.9 Å². The summed E-state index contributed by atoms with van der Waals surface area (Å²) in [6.45, 7) is 7.25. The van der Waals surface area contributed by atoms with Crippen LogP contribution in [0.3, 0.4) is 0 Å². The van der Waals surface area contributed by atoms with Crippen molar-refractivity contribution in [1.29, 1.82) is 0 Å². The van der Waals surface area contributed by atoms with Crippen molar-refractivity contribution in [2.45, 2.75) is 39.7 Å². The van der Waals surface area contributed by atoms with Crippen molar-refractivity contribution in [3.05, 3.63) is 23.4 Å². The molecular weight excluding hydrogens is 210 g/mol. The largest absolute Gasteiger partial charge is 0.357 e. The van der Waals surface area contributed by atoms with E-state index in [9.17, 15) is 0 Å². The van der Waals surface area contributed by atoms with E-state index in [4.69, 9.17) is 5.73 Å². The van der Waals surface area contributed by atoms with Crippen molar-refractivity contribution in [1.82, 2.24) is 4.98 Å². The number of anilines is 1. The van der Waals surface area contributed by atoms with E-state index >= 15 is 0 Å². The van der Waals surface area contributed by atoms with Gasteiger partial charge in [0, 0.05) is 25.3 Å². The highest BCUT2D eigenvalue weighted by atomic mass is 15.2. The molecule has 0 amide bonds. The molecule has 1 atom stereocenters. The maximum atomic E-state index is 5.67. The summed E-state index contributed by atoms with van der Waals surface area (Å²) in [4.78, 5) is 7.09. The lowest BCUT2D eigenvalue weighted by Gasteiger charge is -2.22. The van der Waals surface area contributed by atoms with Gasteiger partial charge in [0.2, 0.25) is 0 Å². The van der Waals surface area contributed by atoms with Crippen LogP contribution in [0.15, 0.2) is 12.1 Å². The average Bonchev–Trinajstić information content (AvgIpc) is 2.54. The van der Waals surface area contributed by atoms with E-state index < -0.39 is 0 Å². The van der Waals surface area contributed by atoms with Crippen molar-refractivity contribution < 1.29 is 0 Å². The lowest BCUT2D eigenvalue weighted by Crippen LogP contribution is -2.25. The normalized spacial score (nSPS) is 21.4. The van der Waals surface area contributed by atoms with Gasteiger partial charge < -0.3 is 10.6 Å². The number of nitrogens with two attached hydrogens (primary N) is 1. The maximum absolute atomic E-state index is 5.67. The highest BCUT2D eigenvalue weighted by Crippen LogP contribution is 2.21. The molecular formula is C14H23N3. The van der Waals surface area contributed by atoms with Gasteiger partial charge in [-0.05, 0) is 43.7 Å². The minimum absolute atomic E-state index is 0.580. The van der Waals surface area contributed by atoms with E-state index in [-0.39, 0.29) is 0 Å². The molecule has 1 aliphatic rings. The van der Waals surface area contributed by atoms with Crippen molar-refractivity contribution in [3.8, 4) is 0 Å². The van der Waals surface area contributed by atoms with Crippen molar-refractivity contribution in [2.24, 2.45) is 11.7 Å². The Morgan fingerprint density at radius 3 is 2.88 bits per heavy atom. The molecule has 17 heavy (non-hydrogen) atoms. The molecule has 94 valence electrons. The molecule has 3 heteroatoms. The first-order chi connectivity index (χ1) is 8.20. The predicted molar refractivity (Wildman–Crippen MR) is 72.1 cm³/mol. The van der Waals surface area contributed by atoms with Gasteiger partial charge in [0.15, 0.2) is 0 Å². The van der Waals surface area contributed by atoms with Crippen LogP contribution in [0.2, 0.25) is 0 Å². The summed E-state index contributed by atoms with van der Waals surface area (Å²) in [5, 5.41) is 0. The van der Waals surface area contributed by atoms with Crippen LogP contribution in [-0.2, 0) is 6.54 Å². The molecule has 1 saturated heterocycles. The van der Waals surface area contributed by atoms with Gasteiger partial charge >= 0.3 is 0 Å². The first kappa shape index (κ1) is 12.4. The SMILES string of the molecule is Cc1nc(N2CCCC(C)CC2)ccc1CN. The zero-order chi connectivity index (χ0) is 12.3. The molecule has 1 aliphatic heterocycles. The average molecular weight is 233 g/mol. The predicted octanol–water partition coefficient (Wildman–Crippen LogP) is 2.48. The van der Waals surface area contributed by atoms with Crippen LogP contribution < -0.4 is 10.6 Å². The monoisotopic (exact) mass is 233 g/mol. The molecule has 2 N–H and O–H groups in total. The second-order valence-electron chi connectivity index (χ2n) is 5.14. The summed E-state index contributed by atoms with van der Waals surface area (Å²) in [7, 11) is 0. The van der Waals surface area contributed by atoms with Crippen molar-refractivity contribution in [3.63, 3.8) is 0 Å². The Balaban J connectivity index is 2.13. The zero-order valence-corrected chi connectivity index (χ0v) is 10.9. The van der Waals surface area contributed by atoms with E-state index in [0.717, 1.165) is 36.1 Å². The molecule has 0 saturated carbocycles. The van der Waals surface area contributed by atoms with Gasteiger partial charge in [-0.25, -0.2) is 4.98 Å². The van der Waals surface area contributed by atoms with E-state index in [1.54, 1.807) is 0 Å². The van der Waals surface area contributed by atoms with Crippen LogP contribution in [0, 0.1) is 12.8 Å². The van der Waals surface area contributed by atoms with Gasteiger partial charge in [-0.3, -0.25) is 0 Å². The number of aromatic nitrogens is 1. The Morgan fingerprint density at radius 2 is 2.18 bits per heavy atom. The van der Waals surface area contributed by atoms with Crippen LogP contribution in [0.1, 0.15) is 37.4 Å². The highest BCUT2D eigenvalue weighted by molar-refractivity contribution is 5.41. The minimum atomic E-state index is 0.580. The molecule has 2 rings (SSSR count). The number of nitrogens with zero attached hydrogens (tertiary/aromatic N) is 2. The van der Waals surface area contributed by atoms with Crippen molar-refractivity contribution >= 4 is 5.82 Å². The lowest BCUT2D eigenvalue weighted by atomic mass is 10.0. The summed E-state index contributed by atoms with van der Waals surface area (Å²) in [6, 6.07) is 4.23. The van der Waals surface area contributed by atoms with Crippen LogP contribution in [0.5, 0.6) is 0 Å². The topological polar surface area (TPSA) is 42.2 Å². The second-order valence-corrected chi connectivity index (χ2v) is 5.14. The van der Waals surface area contributed by atoms with E-state index in [1.807, 2.05) is 6.92 Å². The van der Waals surface area contributed by atoms with Crippen LogP contribution in [0.25, 0.3) is 0 Å². The third-order valence-electron chi connectivity index (χ3n) is 3.74. The maximum Gasteiger partial charge on any atom is 0.128 e. The highest BCUT2D eigenvalue weighted by Gasteiger charge is 2.15. The molecule has 0 aromatic carbocycles. The number of hydrogen-bond donors (Lipinski definition) is 1. The Morgan fingerprint density at radius 1 is 1.35 bits per heavy atom. The third kappa shape index (κ3) is 2.97. The number of pyridine rings is 1. The summed E-state index contributed by atoms with van der Waals surface area (Å²) in [5.41, 5.74) is 7.89. The second kappa shape index (κ2) is 5.50. The van der Waals surface area contributed by atoms with Gasteiger partial charge in [0.05, 0.1) is 0 Å². The molecule has 1 fully saturated rings. The summed E-state index contributed by atoms with van der Waals surface area (Å²) in [5.74, 6) is 1.97. The zero-order valence-electron chi connectivity index (χ0n) is 10.9. The fourth-order valence-corrected chi connectivity index (χ4v) is 2.46. The number of aryl methyl sites for hydroxylation is 1. The first-order valence-electron chi connectivity index (χ1n) is 6.62. The summed E-state index contributed by atoms with van der Waals surface area (Å²) < 4.78 is 0. The van der Waals surface area contributed by atoms with Gasteiger partial charge in [0.25, 0.3) is 0 Å². The Kier molecular flexibility index (Phi) is 4.00. The smallest absolute Gasteiger partial charge is 0.128 e. The van der Waals surface area contributed by atoms with Gasteiger partial charge in [-0.2, -0.15) is 0 Å². The molecule has 2 heterocycles. The quantitative estimate of drug-likeness (QED) is 0.853. The molecule has 1 unspecified atom stereocenters. The number of rotatable bonds is 2. The lowest BCUT2D eigenvalue weighted by molar-refractivity contribution is 0.521. The molecule has 0 aliphatic carbocycles. The summed E-state index contributed by atoms with van der Waals surface area (Å²) in [6.07, 6.45) is 3.90. The molecule has 1 aromatic heterocycles. The fourth-order valence-electron chi connectivity index (χ4n) is 2.46. The van der Waals surface area contributed by atoms with E-state index in [1.165, 1.54) is 19.3 Å². The van der Waals surface area contributed by atoms with Crippen LogP contribution in [-0.4, -0.2) is 18.1 Å². The molecule has 0 radical (unpaired) electrons. The van der Waals surface area contributed by atoms with Crippen LogP contribution in [0.4, 0.5) is 5.82 Å². The molecule has 0 bridgehead atoms. The molecule has 1 aromatic rings. The van der Waals surface area contributed by atoms with Crippen molar-refractivity contribution in [2.75, 3.05) is 18.0 Å². The van der Waals surface area contributed by atoms with Gasteiger partial charge in [-0.1, -0.05) is 13.0 Å². The molecule has 3 nitrogen and oxygen atoms in total. The fraction of sp³-hybridized carbons (Fsp3) is 0.643. The third-order valence-corrected chi connectivity index (χ3v) is 3.74. The Bertz CT molecular complexity index is 376. The summed E-state index contributed by atoms with van der Waals surface area (Å²) >= 11 is 0. The van der Waals surface area contributed by atoms with E-state index in [0.29, 0.717) is 6.54 Å². The molecule has 0 spiro atoms.